The van der Waals surface area contributed by atoms with Crippen LogP contribution in [0, 0.1) is 5.92 Å². The van der Waals surface area contributed by atoms with Crippen LogP contribution < -0.4 is 0 Å². The third-order valence-electron chi connectivity index (χ3n) is 5.94. The number of hydroxylamine groups is 2. The Labute approximate surface area is 158 Å². The lowest BCUT2D eigenvalue weighted by Crippen LogP contribution is -2.72. The molecule has 26 heavy (non-hydrogen) atoms. The van der Waals surface area contributed by atoms with Gasteiger partial charge in [-0.2, -0.15) is 0 Å². The van der Waals surface area contributed by atoms with E-state index < -0.39 is 0 Å². The highest BCUT2D eigenvalue weighted by atomic mass is 32.1. The van der Waals surface area contributed by atoms with Crippen LogP contribution in [0.25, 0.3) is 0 Å². The maximum Gasteiger partial charge on any atom is 0.265 e. The molecule has 4 aliphatic rings. The molecule has 1 amide bonds. The SMILES string of the molecule is O=C([C@H]1COC2(CN(Cc3cccs3)C2)CN1CC1CC1)N1CCCO1. The van der Waals surface area contributed by atoms with Gasteiger partial charge in [0.15, 0.2) is 0 Å². The van der Waals surface area contributed by atoms with E-state index >= 15 is 0 Å². The number of morpholine rings is 1. The maximum atomic E-state index is 12.9. The van der Waals surface area contributed by atoms with E-state index in [1.54, 1.807) is 5.06 Å². The van der Waals surface area contributed by atoms with Crippen molar-refractivity contribution in [3.05, 3.63) is 22.4 Å². The number of rotatable bonds is 5. The van der Waals surface area contributed by atoms with E-state index in [1.165, 1.54) is 17.7 Å². The van der Waals surface area contributed by atoms with Gasteiger partial charge >= 0.3 is 0 Å². The van der Waals surface area contributed by atoms with E-state index in [2.05, 4.69) is 27.3 Å². The summed E-state index contributed by atoms with van der Waals surface area (Å²) in [6, 6.07) is 4.13. The minimum atomic E-state index is -0.175. The molecular formula is C19H27N3O3S. The van der Waals surface area contributed by atoms with Crippen molar-refractivity contribution in [3.8, 4) is 0 Å². The summed E-state index contributed by atoms with van der Waals surface area (Å²) in [5.74, 6) is 0.856. The normalized spacial score (nSPS) is 29.2. The molecule has 0 radical (unpaired) electrons. The van der Waals surface area contributed by atoms with Crippen LogP contribution in [0.15, 0.2) is 17.5 Å². The Kier molecular flexibility index (Phi) is 4.53. The summed E-state index contributed by atoms with van der Waals surface area (Å²) in [4.78, 5) is 24.6. The van der Waals surface area contributed by atoms with Gasteiger partial charge in [-0.15, -0.1) is 11.3 Å². The molecule has 0 aromatic carbocycles. The van der Waals surface area contributed by atoms with Crippen LogP contribution in [0.2, 0.25) is 0 Å². The second kappa shape index (κ2) is 6.87. The topological polar surface area (TPSA) is 45.2 Å². The molecule has 0 unspecified atom stereocenters. The average Bonchev–Trinajstić information content (AvgIpc) is 3.08. The molecular weight excluding hydrogens is 350 g/mol. The monoisotopic (exact) mass is 377 g/mol. The lowest BCUT2D eigenvalue weighted by atomic mass is 9.90. The summed E-state index contributed by atoms with van der Waals surface area (Å²) in [7, 11) is 0. The third-order valence-corrected chi connectivity index (χ3v) is 6.80. The summed E-state index contributed by atoms with van der Waals surface area (Å²) in [5, 5.41) is 3.70. The Morgan fingerprint density at radius 2 is 2.19 bits per heavy atom. The van der Waals surface area contributed by atoms with Gasteiger partial charge in [0.1, 0.15) is 11.6 Å². The van der Waals surface area contributed by atoms with Crippen LogP contribution in [-0.2, 0) is 20.9 Å². The van der Waals surface area contributed by atoms with Gasteiger partial charge < -0.3 is 4.74 Å². The molecule has 1 aromatic rings. The van der Waals surface area contributed by atoms with E-state index in [0.717, 1.165) is 45.1 Å². The van der Waals surface area contributed by atoms with Gasteiger partial charge in [-0.25, -0.2) is 5.06 Å². The van der Waals surface area contributed by atoms with Gasteiger partial charge in [0.25, 0.3) is 5.91 Å². The van der Waals surface area contributed by atoms with Crippen LogP contribution in [0.5, 0.6) is 0 Å². The van der Waals surface area contributed by atoms with Gasteiger partial charge in [0, 0.05) is 37.6 Å². The summed E-state index contributed by atoms with van der Waals surface area (Å²) >= 11 is 1.81. The molecule has 4 heterocycles. The largest absolute Gasteiger partial charge is 0.369 e. The highest BCUT2D eigenvalue weighted by Crippen LogP contribution is 2.36. The van der Waals surface area contributed by atoms with Crippen LogP contribution in [0.1, 0.15) is 24.1 Å². The molecule has 7 heteroatoms. The minimum absolute atomic E-state index is 0.0885. The van der Waals surface area contributed by atoms with Gasteiger partial charge in [-0.05, 0) is 36.6 Å². The summed E-state index contributed by atoms with van der Waals surface area (Å²) in [5.41, 5.74) is -0.0885. The predicted octanol–water partition coefficient (Wildman–Crippen LogP) is 1.58. The quantitative estimate of drug-likeness (QED) is 0.780. The van der Waals surface area contributed by atoms with Crippen molar-refractivity contribution < 1.29 is 14.4 Å². The fourth-order valence-corrected chi connectivity index (χ4v) is 5.17. The number of hydrogen-bond donors (Lipinski definition) is 0. The standard InChI is InChI=1S/C19H27N3O3S/c23-18(22-6-2-7-25-22)17-11-24-19(14-21(17)9-15-4-5-15)12-20(13-19)10-16-3-1-8-26-16/h1,3,8,15,17H,2,4-7,9-14H2/t17-/m1/s1. The first kappa shape index (κ1) is 17.1. The number of carbonyl (C=O) groups is 1. The smallest absolute Gasteiger partial charge is 0.265 e. The number of thiophene rings is 1. The fourth-order valence-electron chi connectivity index (χ4n) is 4.42. The molecule has 1 atom stereocenters. The van der Waals surface area contributed by atoms with Gasteiger partial charge in [-0.1, -0.05) is 6.07 Å². The second-order valence-corrected chi connectivity index (χ2v) is 9.27. The van der Waals surface area contributed by atoms with E-state index in [9.17, 15) is 4.79 Å². The zero-order valence-corrected chi connectivity index (χ0v) is 16.0. The van der Waals surface area contributed by atoms with E-state index in [1.807, 2.05) is 11.3 Å². The minimum Gasteiger partial charge on any atom is -0.369 e. The second-order valence-electron chi connectivity index (χ2n) is 8.23. The van der Waals surface area contributed by atoms with Crippen molar-refractivity contribution in [3.63, 3.8) is 0 Å². The molecule has 1 aliphatic carbocycles. The first-order chi connectivity index (χ1) is 12.7. The zero-order chi connectivity index (χ0) is 17.6. The first-order valence-electron chi connectivity index (χ1n) is 9.78. The molecule has 0 N–H and O–H groups in total. The fraction of sp³-hybridized carbons (Fsp3) is 0.737. The Bertz CT molecular complexity index is 636. The van der Waals surface area contributed by atoms with E-state index in [-0.39, 0.29) is 17.6 Å². The summed E-state index contributed by atoms with van der Waals surface area (Å²) in [6.45, 7) is 6.71. The number of likely N-dealkylation sites (tertiary alicyclic amines) is 1. The lowest BCUT2D eigenvalue weighted by Gasteiger charge is -2.55. The molecule has 5 rings (SSSR count). The van der Waals surface area contributed by atoms with Crippen molar-refractivity contribution in [2.24, 2.45) is 5.92 Å². The molecule has 6 nitrogen and oxygen atoms in total. The molecule has 3 aliphatic heterocycles. The Hall–Kier alpha value is -0.990. The molecule has 142 valence electrons. The zero-order valence-electron chi connectivity index (χ0n) is 15.1. The van der Waals surface area contributed by atoms with Crippen LogP contribution in [0.3, 0.4) is 0 Å². The summed E-state index contributed by atoms with van der Waals surface area (Å²) in [6.07, 6.45) is 3.54. The van der Waals surface area contributed by atoms with Gasteiger partial charge in [0.05, 0.1) is 19.8 Å². The molecule has 1 spiro atoms. The van der Waals surface area contributed by atoms with Crippen LogP contribution in [-0.4, -0.2) is 78.4 Å². The number of carbonyl (C=O) groups excluding carboxylic acids is 1. The van der Waals surface area contributed by atoms with Crippen LogP contribution >= 0.6 is 11.3 Å². The number of hydrogen-bond acceptors (Lipinski definition) is 6. The predicted molar refractivity (Wildman–Crippen MR) is 98.6 cm³/mol. The van der Waals surface area contributed by atoms with Gasteiger partial charge in [0.2, 0.25) is 0 Å². The third kappa shape index (κ3) is 3.43. The summed E-state index contributed by atoms with van der Waals surface area (Å²) < 4.78 is 6.29. The molecule has 4 fully saturated rings. The Balaban J connectivity index is 1.22. The average molecular weight is 378 g/mol. The van der Waals surface area contributed by atoms with Crippen molar-refractivity contribution in [1.29, 1.82) is 0 Å². The molecule has 0 bridgehead atoms. The van der Waals surface area contributed by atoms with Crippen molar-refractivity contribution in [2.75, 3.05) is 45.9 Å². The van der Waals surface area contributed by atoms with Gasteiger partial charge in [-0.3, -0.25) is 19.4 Å². The van der Waals surface area contributed by atoms with E-state index in [4.69, 9.17) is 9.57 Å². The van der Waals surface area contributed by atoms with Crippen molar-refractivity contribution in [1.82, 2.24) is 14.9 Å². The Morgan fingerprint density at radius 1 is 1.31 bits per heavy atom. The Morgan fingerprint density at radius 3 is 2.88 bits per heavy atom. The van der Waals surface area contributed by atoms with Crippen molar-refractivity contribution in [2.45, 2.75) is 37.5 Å². The highest BCUT2D eigenvalue weighted by molar-refractivity contribution is 7.09. The van der Waals surface area contributed by atoms with E-state index in [0.29, 0.717) is 19.8 Å². The van der Waals surface area contributed by atoms with Crippen molar-refractivity contribution >= 4 is 17.2 Å². The number of ether oxygens (including phenoxy) is 1. The van der Waals surface area contributed by atoms with Crippen LogP contribution in [0.4, 0.5) is 0 Å². The molecule has 1 saturated carbocycles. The maximum absolute atomic E-state index is 12.9. The highest BCUT2D eigenvalue weighted by Gasteiger charge is 2.51. The molecule has 1 aromatic heterocycles. The number of amides is 1. The lowest BCUT2D eigenvalue weighted by molar-refractivity contribution is -0.216. The molecule has 3 saturated heterocycles. The first-order valence-corrected chi connectivity index (χ1v) is 10.7. The number of nitrogens with zero attached hydrogens (tertiary/aromatic N) is 3.